The van der Waals surface area contributed by atoms with Gasteiger partial charge in [-0.15, -0.1) is 0 Å². The number of benzene rings is 2. The Bertz CT molecular complexity index is 1400. The second-order valence-electron chi connectivity index (χ2n) is 8.44. The number of rotatable bonds is 9. The Labute approximate surface area is 199 Å². The minimum absolute atomic E-state index is 0.327. The second kappa shape index (κ2) is 9.80. The van der Waals surface area contributed by atoms with Crippen LogP contribution in [0.1, 0.15) is 22.9 Å². The number of aromatic nitrogens is 3. The Morgan fingerprint density at radius 3 is 2.74 bits per heavy atom. The molecule has 0 aliphatic rings. The number of fused-ring (bicyclic) bond motifs is 1. The third kappa shape index (κ3) is 5.90. The van der Waals surface area contributed by atoms with Gasteiger partial charge in [-0.1, -0.05) is 12.1 Å². The topological polar surface area (TPSA) is 126 Å². The Morgan fingerprint density at radius 2 is 1.97 bits per heavy atom. The van der Waals surface area contributed by atoms with Gasteiger partial charge in [0, 0.05) is 34.5 Å². The van der Waals surface area contributed by atoms with Crippen LogP contribution in [0.25, 0.3) is 10.9 Å². The first-order valence-electron chi connectivity index (χ1n) is 10.8. The molecular weight excluding hydrogens is 452 g/mol. The van der Waals surface area contributed by atoms with Gasteiger partial charge in [0.1, 0.15) is 11.0 Å². The predicted molar refractivity (Wildman–Crippen MR) is 134 cm³/mol. The molecule has 0 spiro atoms. The van der Waals surface area contributed by atoms with E-state index in [0.29, 0.717) is 41.8 Å². The molecule has 34 heavy (non-hydrogen) atoms. The molecule has 0 radical (unpaired) electrons. The van der Waals surface area contributed by atoms with Gasteiger partial charge in [-0.05, 0) is 75.9 Å². The molecule has 0 bridgehead atoms. The Hall–Kier alpha value is -3.47. The molecular formula is C24H28N6O3S. The van der Waals surface area contributed by atoms with Gasteiger partial charge in [0.15, 0.2) is 0 Å². The summed E-state index contributed by atoms with van der Waals surface area (Å²) in [5.41, 5.74) is 3.38. The van der Waals surface area contributed by atoms with Crippen molar-refractivity contribution in [1.29, 1.82) is 0 Å². The van der Waals surface area contributed by atoms with E-state index in [2.05, 4.69) is 26.3 Å². The van der Waals surface area contributed by atoms with Crippen molar-refractivity contribution in [2.24, 2.45) is 5.14 Å². The number of ether oxygens (including phenoxy) is 1. The number of H-pyrrole nitrogens is 1. The first-order chi connectivity index (χ1) is 16.2. The van der Waals surface area contributed by atoms with Crippen molar-refractivity contribution >= 4 is 32.6 Å². The van der Waals surface area contributed by atoms with Gasteiger partial charge in [0.2, 0.25) is 21.9 Å². The van der Waals surface area contributed by atoms with E-state index in [9.17, 15) is 8.42 Å². The summed E-state index contributed by atoms with van der Waals surface area (Å²) in [5, 5.41) is 8.89. The zero-order valence-corrected chi connectivity index (χ0v) is 20.1. The van der Waals surface area contributed by atoms with Gasteiger partial charge in [-0.25, -0.2) is 18.5 Å². The van der Waals surface area contributed by atoms with Crippen molar-refractivity contribution in [3.05, 3.63) is 72.1 Å². The van der Waals surface area contributed by atoms with Gasteiger partial charge in [-0.3, -0.25) is 0 Å². The first-order valence-corrected chi connectivity index (χ1v) is 12.4. The molecule has 0 aliphatic carbocycles. The average molecular weight is 481 g/mol. The molecule has 2 heterocycles. The molecule has 2 aromatic carbocycles. The lowest BCUT2D eigenvalue weighted by Gasteiger charge is -2.18. The van der Waals surface area contributed by atoms with Gasteiger partial charge in [0.05, 0.1) is 0 Å². The predicted octanol–water partition coefficient (Wildman–Crippen LogP) is 4.08. The third-order valence-corrected chi connectivity index (χ3v) is 6.63. The number of primary sulfonamides is 1. The van der Waals surface area contributed by atoms with Crippen molar-refractivity contribution in [1.82, 2.24) is 19.9 Å². The normalized spacial score (nSPS) is 12.7. The smallest absolute Gasteiger partial charge is 0.230 e. The molecule has 0 fully saturated rings. The van der Waals surface area contributed by atoms with Gasteiger partial charge < -0.3 is 19.9 Å². The van der Waals surface area contributed by atoms with E-state index in [1.165, 1.54) is 0 Å². The molecule has 0 aliphatic heterocycles. The first kappa shape index (κ1) is 23.7. The molecule has 0 amide bonds. The van der Waals surface area contributed by atoms with Gasteiger partial charge >= 0.3 is 0 Å². The summed E-state index contributed by atoms with van der Waals surface area (Å²) in [6.45, 7) is 2.60. The maximum Gasteiger partial charge on any atom is 0.230 e. The summed E-state index contributed by atoms with van der Waals surface area (Å²) >= 11 is 0. The lowest BCUT2D eigenvalue weighted by Crippen LogP contribution is -2.25. The van der Waals surface area contributed by atoms with Crippen LogP contribution in [0.15, 0.2) is 60.8 Å². The van der Waals surface area contributed by atoms with Crippen molar-refractivity contribution in [3.63, 3.8) is 0 Å². The zero-order chi connectivity index (χ0) is 24.3. The number of hydrogen-bond acceptors (Lipinski definition) is 7. The molecule has 178 valence electrons. The van der Waals surface area contributed by atoms with Crippen LogP contribution in [0.5, 0.6) is 11.6 Å². The number of aryl methyl sites for hydroxylation is 1. The molecule has 1 unspecified atom stereocenters. The van der Waals surface area contributed by atoms with Crippen molar-refractivity contribution in [2.75, 3.05) is 26.0 Å². The highest BCUT2D eigenvalue weighted by atomic mass is 32.2. The van der Waals surface area contributed by atoms with Crippen LogP contribution in [0.4, 0.5) is 11.6 Å². The second-order valence-corrected chi connectivity index (χ2v) is 10.2. The third-order valence-electron chi connectivity index (χ3n) is 5.33. The number of nitrogens with two attached hydrogens (primary N) is 1. The van der Waals surface area contributed by atoms with E-state index >= 15 is 0 Å². The quantitative estimate of drug-likeness (QED) is 0.329. The van der Waals surface area contributed by atoms with Gasteiger partial charge in [-0.2, -0.15) is 4.98 Å². The molecule has 1 atom stereocenters. The summed E-state index contributed by atoms with van der Waals surface area (Å²) in [5.74, 6) is 1.37. The fourth-order valence-electron chi connectivity index (χ4n) is 3.74. The molecule has 0 saturated carbocycles. The Kier molecular flexibility index (Phi) is 6.82. The van der Waals surface area contributed by atoms with Crippen molar-refractivity contribution in [3.8, 4) is 11.6 Å². The van der Waals surface area contributed by atoms with E-state index in [1.807, 2.05) is 50.2 Å². The highest BCUT2D eigenvalue weighted by molar-refractivity contribution is 7.89. The van der Waals surface area contributed by atoms with Crippen LogP contribution in [-0.4, -0.2) is 48.9 Å². The number of anilines is 2. The van der Waals surface area contributed by atoms with Crippen molar-refractivity contribution in [2.45, 2.75) is 18.6 Å². The lowest BCUT2D eigenvalue weighted by atomic mass is 10.1. The number of hydrogen-bond donors (Lipinski definition) is 3. The lowest BCUT2D eigenvalue weighted by molar-refractivity contribution is 0.395. The Morgan fingerprint density at radius 1 is 1.15 bits per heavy atom. The van der Waals surface area contributed by atoms with Crippen LogP contribution in [0, 0.1) is 6.92 Å². The summed E-state index contributed by atoms with van der Waals surface area (Å²) in [7, 11) is 0.0150. The van der Waals surface area contributed by atoms with E-state index in [0.717, 1.165) is 16.6 Å². The Balaban J connectivity index is 1.52. The van der Waals surface area contributed by atoms with Crippen molar-refractivity contribution < 1.29 is 13.2 Å². The highest BCUT2D eigenvalue weighted by Gasteiger charge is 2.24. The van der Waals surface area contributed by atoms with E-state index in [1.54, 1.807) is 30.5 Å². The molecule has 0 saturated heterocycles. The number of sulfonamides is 1. The standard InChI is InChI=1S/C24H28N6O3S/c1-16-13-18-15-20(7-8-21(18)27-16)33-23-9-11-26-24(29-23)28-19-6-4-5-17(14-19)22(34(25,31)32)10-12-30(2)3/h4-9,11,13-15,22,27H,10,12H2,1-3H3,(H2,25,31,32)(H,26,28,29). The minimum atomic E-state index is -3.77. The maximum absolute atomic E-state index is 12.2. The SMILES string of the molecule is Cc1cc2cc(Oc3ccnc(Nc4cccc(C(CCN(C)C)S(N)(=O)=O)c4)n3)ccc2[nH]1. The summed E-state index contributed by atoms with van der Waals surface area (Å²) in [6.07, 6.45) is 1.98. The molecule has 10 heteroatoms. The molecule has 4 rings (SSSR count). The zero-order valence-electron chi connectivity index (χ0n) is 19.3. The van der Waals surface area contributed by atoms with Crippen LogP contribution >= 0.6 is 0 Å². The van der Waals surface area contributed by atoms with E-state index < -0.39 is 15.3 Å². The van der Waals surface area contributed by atoms with Gasteiger partial charge in [0.25, 0.3) is 0 Å². The van der Waals surface area contributed by atoms with Crippen LogP contribution in [0.2, 0.25) is 0 Å². The average Bonchev–Trinajstić information content (AvgIpc) is 3.12. The monoisotopic (exact) mass is 480 g/mol. The van der Waals surface area contributed by atoms with E-state index in [4.69, 9.17) is 9.88 Å². The number of nitrogens with one attached hydrogen (secondary N) is 2. The molecule has 9 nitrogen and oxygen atoms in total. The fourth-order valence-corrected chi connectivity index (χ4v) is 4.70. The largest absolute Gasteiger partial charge is 0.439 e. The number of nitrogens with zero attached hydrogens (tertiary/aromatic N) is 3. The highest BCUT2D eigenvalue weighted by Crippen LogP contribution is 2.28. The summed E-state index contributed by atoms with van der Waals surface area (Å²) < 4.78 is 30.4. The molecule has 4 aromatic rings. The van der Waals surface area contributed by atoms with Crippen LogP contribution < -0.4 is 15.2 Å². The molecule has 4 N–H and O–H groups in total. The van der Waals surface area contributed by atoms with Crippen LogP contribution in [0.3, 0.4) is 0 Å². The number of aromatic amines is 1. The maximum atomic E-state index is 12.2. The van der Waals surface area contributed by atoms with Crippen LogP contribution in [-0.2, 0) is 10.0 Å². The minimum Gasteiger partial charge on any atom is -0.439 e. The molecule has 2 aromatic heterocycles. The fraction of sp³-hybridized carbons (Fsp3) is 0.250. The summed E-state index contributed by atoms with van der Waals surface area (Å²) in [4.78, 5) is 13.9. The van der Waals surface area contributed by atoms with E-state index in [-0.39, 0.29) is 0 Å². The summed E-state index contributed by atoms with van der Waals surface area (Å²) in [6, 6.07) is 16.6.